The summed E-state index contributed by atoms with van der Waals surface area (Å²) in [5.41, 5.74) is 0.576. The first-order valence-electron chi connectivity index (χ1n) is 3.16. The molecule has 0 radical (unpaired) electrons. The number of hydrogen-bond donors (Lipinski definition) is 0. The molecule has 1 aromatic heterocycles. The number of aromatic nitrogens is 3. The lowest BCUT2D eigenvalue weighted by Crippen LogP contribution is -1.91. The smallest absolute Gasteiger partial charge is 0.155 e. The maximum Gasteiger partial charge on any atom is 0.155 e. The Kier molecular flexibility index (Phi) is 3.97. The third-order valence-corrected chi connectivity index (χ3v) is 0.747. The summed E-state index contributed by atoms with van der Waals surface area (Å²) in [4.78, 5) is 1.43. The molecule has 0 bridgehead atoms. The topological polar surface area (TPSA) is 30.7 Å². The quantitative estimate of drug-likeness (QED) is 0.496. The van der Waals surface area contributed by atoms with Gasteiger partial charge in [-0.3, -0.25) is 0 Å². The normalized spacial score (nSPS) is 7.40. The van der Waals surface area contributed by atoms with Crippen LogP contribution in [-0.4, -0.2) is 15.0 Å². The summed E-state index contributed by atoms with van der Waals surface area (Å²) in [5, 5.41) is 7.55. The van der Waals surface area contributed by atoms with Gasteiger partial charge in [0.25, 0.3) is 0 Å². The van der Waals surface area contributed by atoms with Gasteiger partial charge in [0.1, 0.15) is 0 Å². The minimum Gasteiger partial charge on any atom is -0.187 e. The molecule has 1 aromatic rings. The first kappa shape index (κ1) is 8.70. The zero-order valence-electron chi connectivity index (χ0n) is 6.50. The van der Waals surface area contributed by atoms with Crippen LogP contribution in [0.5, 0.6) is 0 Å². The van der Waals surface area contributed by atoms with E-state index < -0.39 is 0 Å². The summed E-state index contributed by atoms with van der Waals surface area (Å²) < 4.78 is 0. The monoisotopic (exact) mass is 137 g/mol. The number of nitrogens with zero attached hydrogens (tertiary/aromatic N) is 3. The van der Waals surface area contributed by atoms with Gasteiger partial charge in [0.2, 0.25) is 0 Å². The third-order valence-electron chi connectivity index (χ3n) is 0.747. The molecule has 0 saturated carbocycles. The standard InChI is InChI=1S/C5H5N3.C2H6/c1-3-5-4-6-8(2)7-5;1-2/h1,4H,2H3;1-2H3. The van der Waals surface area contributed by atoms with E-state index in [9.17, 15) is 0 Å². The van der Waals surface area contributed by atoms with Crippen LogP contribution in [0.25, 0.3) is 0 Å². The van der Waals surface area contributed by atoms with Crippen LogP contribution in [0.2, 0.25) is 0 Å². The summed E-state index contributed by atoms with van der Waals surface area (Å²) in [6.45, 7) is 4.00. The first-order valence-corrected chi connectivity index (χ1v) is 3.16. The number of aryl methyl sites for hydroxylation is 1. The average molecular weight is 137 g/mol. The Bertz CT molecular complexity index is 219. The van der Waals surface area contributed by atoms with E-state index in [0.29, 0.717) is 5.69 Å². The highest BCUT2D eigenvalue weighted by Gasteiger charge is 1.87. The van der Waals surface area contributed by atoms with Gasteiger partial charge in [0, 0.05) is 7.05 Å². The molecule has 0 aliphatic rings. The molecule has 1 heterocycles. The molecule has 1 rings (SSSR count). The van der Waals surface area contributed by atoms with Gasteiger partial charge in [0.05, 0.1) is 6.20 Å². The minimum atomic E-state index is 0.576. The fraction of sp³-hybridized carbons (Fsp3) is 0.429. The van der Waals surface area contributed by atoms with E-state index in [-0.39, 0.29) is 0 Å². The van der Waals surface area contributed by atoms with Crippen molar-refractivity contribution in [3.05, 3.63) is 11.9 Å². The van der Waals surface area contributed by atoms with Gasteiger partial charge in [-0.2, -0.15) is 9.90 Å². The van der Waals surface area contributed by atoms with Crippen molar-refractivity contribution in [2.24, 2.45) is 7.05 Å². The molecular weight excluding hydrogens is 126 g/mol. The Balaban J connectivity index is 0.000000371. The fourth-order valence-corrected chi connectivity index (χ4v) is 0.412. The van der Waals surface area contributed by atoms with Crippen LogP contribution in [0, 0.1) is 12.3 Å². The van der Waals surface area contributed by atoms with Crippen molar-refractivity contribution in [1.29, 1.82) is 0 Å². The highest BCUT2D eigenvalue weighted by atomic mass is 15.4. The van der Waals surface area contributed by atoms with E-state index in [1.54, 1.807) is 13.2 Å². The van der Waals surface area contributed by atoms with Crippen LogP contribution in [0.3, 0.4) is 0 Å². The van der Waals surface area contributed by atoms with Crippen molar-refractivity contribution in [3.8, 4) is 12.3 Å². The van der Waals surface area contributed by atoms with Crippen LogP contribution in [0.4, 0.5) is 0 Å². The minimum absolute atomic E-state index is 0.576. The molecule has 0 N–H and O–H groups in total. The second kappa shape index (κ2) is 4.57. The van der Waals surface area contributed by atoms with Crippen molar-refractivity contribution in [2.45, 2.75) is 13.8 Å². The van der Waals surface area contributed by atoms with Crippen molar-refractivity contribution < 1.29 is 0 Å². The van der Waals surface area contributed by atoms with Crippen LogP contribution in [0.15, 0.2) is 6.20 Å². The molecule has 0 amide bonds. The molecule has 0 fully saturated rings. The molecule has 0 aliphatic heterocycles. The Morgan fingerprint density at radius 3 is 2.40 bits per heavy atom. The van der Waals surface area contributed by atoms with Crippen molar-refractivity contribution in [3.63, 3.8) is 0 Å². The summed E-state index contributed by atoms with van der Waals surface area (Å²) >= 11 is 0. The zero-order chi connectivity index (χ0) is 7.98. The van der Waals surface area contributed by atoms with Gasteiger partial charge in [0.15, 0.2) is 5.69 Å². The number of rotatable bonds is 0. The molecule has 0 saturated heterocycles. The van der Waals surface area contributed by atoms with E-state index in [1.807, 2.05) is 13.8 Å². The van der Waals surface area contributed by atoms with Crippen LogP contribution in [-0.2, 0) is 7.05 Å². The van der Waals surface area contributed by atoms with Crippen LogP contribution >= 0.6 is 0 Å². The second-order valence-corrected chi connectivity index (χ2v) is 1.36. The molecular formula is C7H11N3. The molecule has 0 aromatic carbocycles. The predicted molar refractivity (Wildman–Crippen MR) is 40.3 cm³/mol. The Morgan fingerprint density at radius 2 is 2.20 bits per heavy atom. The molecule has 0 atom stereocenters. The van der Waals surface area contributed by atoms with E-state index in [0.717, 1.165) is 0 Å². The van der Waals surface area contributed by atoms with Crippen LogP contribution in [0.1, 0.15) is 19.5 Å². The first-order chi connectivity index (χ1) is 4.83. The SMILES string of the molecule is C#Cc1cnn(C)n1.CC. The lowest BCUT2D eigenvalue weighted by atomic mass is 10.5. The highest BCUT2D eigenvalue weighted by molar-refractivity contribution is 5.18. The van der Waals surface area contributed by atoms with Gasteiger partial charge in [-0.25, -0.2) is 0 Å². The van der Waals surface area contributed by atoms with Gasteiger partial charge in [-0.05, 0) is 5.92 Å². The maximum absolute atomic E-state index is 5.00. The predicted octanol–water partition coefficient (Wildman–Crippen LogP) is 0.823. The largest absolute Gasteiger partial charge is 0.187 e. The lowest BCUT2D eigenvalue weighted by Gasteiger charge is -1.76. The molecule has 54 valence electrons. The lowest BCUT2D eigenvalue weighted by molar-refractivity contribution is 0.652. The van der Waals surface area contributed by atoms with Crippen LogP contribution < -0.4 is 0 Å². The molecule has 0 aliphatic carbocycles. The van der Waals surface area contributed by atoms with Crippen molar-refractivity contribution >= 4 is 0 Å². The van der Waals surface area contributed by atoms with Gasteiger partial charge in [-0.15, -0.1) is 11.5 Å². The summed E-state index contributed by atoms with van der Waals surface area (Å²) in [7, 11) is 1.72. The van der Waals surface area contributed by atoms with E-state index in [2.05, 4.69) is 16.1 Å². The maximum atomic E-state index is 5.00. The van der Waals surface area contributed by atoms with E-state index in [1.165, 1.54) is 4.80 Å². The second-order valence-electron chi connectivity index (χ2n) is 1.36. The van der Waals surface area contributed by atoms with E-state index >= 15 is 0 Å². The van der Waals surface area contributed by atoms with Crippen molar-refractivity contribution in [2.75, 3.05) is 0 Å². The van der Waals surface area contributed by atoms with Gasteiger partial charge >= 0.3 is 0 Å². The summed E-state index contributed by atoms with van der Waals surface area (Å²) in [6.07, 6.45) is 6.54. The zero-order valence-corrected chi connectivity index (χ0v) is 6.50. The highest BCUT2D eigenvalue weighted by Crippen LogP contribution is 1.82. The molecule has 3 heteroatoms. The number of terminal acetylenes is 1. The molecule has 10 heavy (non-hydrogen) atoms. The average Bonchev–Trinajstić information content (AvgIpc) is 2.40. The van der Waals surface area contributed by atoms with Gasteiger partial charge < -0.3 is 0 Å². The number of hydrogen-bond acceptors (Lipinski definition) is 2. The van der Waals surface area contributed by atoms with Crippen molar-refractivity contribution in [1.82, 2.24) is 15.0 Å². The fourth-order valence-electron chi connectivity index (χ4n) is 0.412. The Labute approximate surface area is 61.1 Å². The summed E-state index contributed by atoms with van der Waals surface area (Å²) in [5.74, 6) is 2.35. The molecule has 0 spiro atoms. The molecule has 0 unspecified atom stereocenters. The Morgan fingerprint density at radius 1 is 1.60 bits per heavy atom. The van der Waals surface area contributed by atoms with Gasteiger partial charge in [-0.1, -0.05) is 13.8 Å². The summed E-state index contributed by atoms with van der Waals surface area (Å²) in [6, 6.07) is 0. The third kappa shape index (κ3) is 2.31. The molecule has 3 nitrogen and oxygen atoms in total. The van der Waals surface area contributed by atoms with E-state index in [4.69, 9.17) is 6.42 Å². The Hall–Kier alpha value is -1.30.